The molecule has 0 spiro atoms. The van der Waals surface area contributed by atoms with Crippen LogP contribution in [-0.2, 0) is 0 Å². The lowest BCUT2D eigenvalue weighted by Gasteiger charge is -2.12. The highest BCUT2D eigenvalue weighted by Crippen LogP contribution is 2.29. The summed E-state index contributed by atoms with van der Waals surface area (Å²) >= 11 is 0. The number of anilines is 2. The predicted molar refractivity (Wildman–Crippen MR) is 88.5 cm³/mol. The topological polar surface area (TPSA) is 29.3 Å². The molecule has 2 heterocycles. The normalized spacial score (nSPS) is 11.3. The molecule has 0 fully saturated rings. The maximum Gasteiger partial charge on any atom is 0.139 e. The molecule has 3 aromatic rings. The molecule has 0 aliphatic heterocycles. The Kier molecular flexibility index (Phi) is 3.42. The minimum atomic E-state index is 0.371. The summed E-state index contributed by atoms with van der Waals surface area (Å²) in [4.78, 5) is 4.83. The standard InChI is InChI=1S/C18H21N3/c1-12(2)17-18(19-15-8-6-5-7-9-15)21-14(4)10-13(3)11-16(21)20-17/h5-12,19H,1-4H3. The Labute approximate surface area is 125 Å². The fraction of sp³-hybridized carbons (Fsp3) is 0.278. The van der Waals surface area contributed by atoms with Gasteiger partial charge >= 0.3 is 0 Å². The molecule has 0 saturated heterocycles. The third-order valence-corrected chi connectivity index (χ3v) is 3.66. The van der Waals surface area contributed by atoms with Crippen molar-refractivity contribution in [2.45, 2.75) is 33.6 Å². The lowest BCUT2D eigenvalue weighted by atomic mass is 10.1. The van der Waals surface area contributed by atoms with Gasteiger partial charge in [-0.2, -0.15) is 0 Å². The van der Waals surface area contributed by atoms with Crippen LogP contribution in [0, 0.1) is 13.8 Å². The Hall–Kier alpha value is -2.29. The molecule has 3 nitrogen and oxygen atoms in total. The number of nitrogens with one attached hydrogen (secondary N) is 1. The second kappa shape index (κ2) is 5.24. The smallest absolute Gasteiger partial charge is 0.139 e. The van der Waals surface area contributed by atoms with E-state index in [4.69, 9.17) is 4.98 Å². The number of hydrogen-bond acceptors (Lipinski definition) is 2. The van der Waals surface area contributed by atoms with Crippen molar-refractivity contribution in [2.75, 3.05) is 5.32 Å². The fourth-order valence-electron chi connectivity index (χ4n) is 2.73. The zero-order valence-corrected chi connectivity index (χ0v) is 13.0. The van der Waals surface area contributed by atoms with E-state index in [1.807, 2.05) is 18.2 Å². The summed E-state index contributed by atoms with van der Waals surface area (Å²) in [5.41, 5.74) is 5.64. The first-order valence-corrected chi connectivity index (χ1v) is 7.38. The molecule has 0 aliphatic carbocycles. The molecular weight excluding hydrogens is 258 g/mol. The number of pyridine rings is 1. The second-order valence-corrected chi connectivity index (χ2v) is 5.86. The number of rotatable bonds is 3. The molecule has 0 bridgehead atoms. The highest BCUT2D eigenvalue weighted by molar-refractivity contribution is 5.65. The zero-order chi connectivity index (χ0) is 15.0. The van der Waals surface area contributed by atoms with E-state index in [9.17, 15) is 0 Å². The van der Waals surface area contributed by atoms with Gasteiger partial charge < -0.3 is 5.32 Å². The Morgan fingerprint density at radius 2 is 1.76 bits per heavy atom. The minimum absolute atomic E-state index is 0.371. The lowest BCUT2D eigenvalue weighted by Crippen LogP contribution is -2.01. The van der Waals surface area contributed by atoms with E-state index in [1.54, 1.807) is 0 Å². The summed E-state index contributed by atoms with van der Waals surface area (Å²) in [5.74, 6) is 1.44. The number of fused-ring (bicyclic) bond motifs is 1. The Morgan fingerprint density at radius 3 is 2.43 bits per heavy atom. The Morgan fingerprint density at radius 1 is 1.05 bits per heavy atom. The van der Waals surface area contributed by atoms with Crippen LogP contribution in [0.2, 0.25) is 0 Å². The van der Waals surface area contributed by atoms with Crippen LogP contribution < -0.4 is 5.32 Å². The summed E-state index contributed by atoms with van der Waals surface area (Å²) in [5, 5.41) is 3.54. The summed E-state index contributed by atoms with van der Waals surface area (Å²) in [7, 11) is 0. The van der Waals surface area contributed by atoms with Crippen molar-refractivity contribution in [1.82, 2.24) is 9.38 Å². The maximum absolute atomic E-state index is 4.83. The van der Waals surface area contributed by atoms with Crippen molar-refractivity contribution in [2.24, 2.45) is 0 Å². The van der Waals surface area contributed by atoms with Crippen LogP contribution in [0.3, 0.4) is 0 Å². The van der Waals surface area contributed by atoms with E-state index in [0.717, 1.165) is 22.8 Å². The van der Waals surface area contributed by atoms with Gasteiger partial charge in [0.1, 0.15) is 11.5 Å². The van der Waals surface area contributed by atoms with Gasteiger partial charge in [-0.15, -0.1) is 0 Å². The van der Waals surface area contributed by atoms with Gasteiger partial charge in [-0.05, 0) is 49.6 Å². The first kappa shape index (κ1) is 13.7. The van der Waals surface area contributed by atoms with Crippen molar-refractivity contribution in [3.05, 3.63) is 59.4 Å². The van der Waals surface area contributed by atoms with E-state index in [2.05, 4.69) is 61.7 Å². The van der Waals surface area contributed by atoms with Crippen molar-refractivity contribution >= 4 is 17.2 Å². The molecule has 0 aliphatic rings. The van der Waals surface area contributed by atoms with Gasteiger partial charge in [0.2, 0.25) is 0 Å². The molecule has 0 unspecified atom stereocenters. The molecule has 0 radical (unpaired) electrons. The van der Waals surface area contributed by atoms with Gasteiger partial charge in [0, 0.05) is 11.4 Å². The SMILES string of the molecule is Cc1cc(C)n2c(Nc3ccccc3)c(C(C)C)nc2c1. The highest BCUT2D eigenvalue weighted by atomic mass is 15.1. The molecular formula is C18H21N3. The van der Waals surface area contributed by atoms with Gasteiger partial charge in [-0.25, -0.2) is 4.98 Å². The van der Waals surface area contributed by atoms with Gasteiger partial charge in [-0.1, -0.05) is 32.0 Å². The van der Waals surface area contributed by atoms with Gasteiger partial charge in [-0.3, -0.25) is 4.40 Å². The third kappa shape index (κ3) is 2.51. The van der Waals surface area contributed by atoms with Crippen molar-refractivity contribution in [1.29, 1.82) is 0 Å². The van der Waals surface area contributed by atoms with Crippen LogP contribution in [-0.4, -0.2) is 9.38 Å². The minimum Gasteiger partial charge on any atom is -0.340 e. The quantitative estimate of drug-likeness (QED) is 0.745. The molecule has 0 amide bonds. The van der Waals surface area contributed by atoms with Crippen LogP contribution in [0.1, 0.15) is 36.7 Å². The van der Waals surface area contributed by atoms with E-state index in [0.29, 0.717) is 5.92 Å². The number of nitrogens with zero attached hydrogens (tertiary/aromatic N) is 2. The first-order chi connectivity index (χ1) is 10.1. The Balaban J connectivity index is 2.21. The molecule has 3 rings (SSSR count). The molecule has 3 heteroatoms. The molecule has 2 aromatic heterocycles. The third-order valence-electron chi connectivity index (χ3n) is 3.66. The van der Waals surface area contributed by atoms with Crippen LogP contribution >= 0.6 is 0 Å². The monoisotopic (exact) mass is 279 g/mol. The average molecular weight is 279 g/mol. The lowest BCUT2D eigenvalue weighted by molar-refractivity contribution is 0.836. The summed E-state index contributed by atoms with van der Waals surface area (Å²) in [6.45, 7) is 8.60. The van der Waals surface area contributed by atoms with Gasteiger partial charge in [0.15, 0.2) is 0 Å². The molecule has 21 heavy (non-hydrogen) atoms. The number of benzene rings is 1. The summed E-state index contributed by atoms with van der Waals surface area (Å²) < 4.78 is 2.20. The van der Waals surface area contributed by atoms with E-state index >= 15 is 0 Å². The molecule has 1 aromatic carbocycles. The predicted octanol–water partition coefficient (Wildman–Crippen LogP) is 4.82. The van der Waals surface area contributed by atoms with E-state index in [1.165, 1.54) is 11.3 Å². The van der Waals surface area contributed by atoms with E-state index in [-0.39, 0.29) is 0 Å². The second-order valence-electron chi connectivity index (χ2n) is 5.86. The number of hydrogen-bond donors (Lipinski definition) is 1. The van der Waals surface area contributed by atoms with Crippen molar-refractivity contribution < 1.29 is 0 Å². The molecule has 0 saturated carbocycles. The number of aryl methyl sites for hydroxylation is 2. The number of para-hydroxylation sites is 1. The molecule has 0 atom stereocenters. The fourth-order valence-corrected chi connectivity index (χ4v) is 2.73. The van der Waals surface area contributed by atoms with Crippen LogP contribution in [0.15, 0.2) is 42.5 Å². The van der Waals surface area contributed by atoms with Crippen LogP contribution in [0.5, 0.6) is 0 Å². The van der Waals surface area contributed by atoms with Gasteiger partial charge in [0.25, 0.3) is 0 Å². The van der Waals surface area contributed by atoms with Gasteiger partial charge in [0.05, 0.1) is 5.69 Å². The maximum atomic E-state index is 4.83. The first-order valence-electron chi connectivity index (χ1n) is 7.38. The summed E-state index contributed by atoms with van der Waals surface area (Å²) in [6.07, 6.45) is 0. The Bertz CT molecular complexity index is 770. The van der Waals surface area contributed by atoms with Crippen molar-refractivity contribution in [3.63, 3.8) is 0 Å². The number of aromatic nitrogens is 2. The summed E-state index contributed by atoms with van der Waals surface area (Å²) in [6, 6.07) is 14.6. The highest BCUT2D eigenvalue weighted by Gasteiger charge is 2.16. The number of imidazole rings is 1. The van der Waals surface area contributed by atoms with Crippen LogP contribution in [0.4, 0.5) is 11.5 Å². The van der Waals surface area contributed by atoms with E-state index < -0.39 is 0 Å². The van der Waals surface area contributed by atoms with Crippen molar-refractivity contribution in [3.8, 4) is 0 Å². The molecule has 108 valence electrons. The zero-order valence-electron chi connectivity index (χ0n) is 13.0. The molecule has 1 N–H and O–H groups in total. The largest absolute Gasteiger partial charge is 0.340 e. The average Bonchev–Trinajstić information content (AvgIpc) is 2.79. The van der Waals surface area contributed by atoms with Crippen LogP contribution in [0.25, 0.3) is 5.65 Å².